The number of hydrogen-bond donors (Lipinski definition) is 1. The Morgan fingerprint density at radius 1 is 1.37 bits per heavy atom. The van der Waals surface area contributed by atoms with Crippen LogP contribution in [0.5, 0.6) is 0 Å². The first-order valence-corrected chi connectivity index (χ1v) is 8.07. The molecule has 1 aliphatic heterocycles. The van der Waals surface area contributed by atoms with Crippen LogP contribution in [-0.2, 0) is 10.0 Å². The van der Waals surface area contributed by atoms with Gasteiger partial charge < -0.3 is 5.32 Å². The third-order valence-corrected chi connectivity index (χ3v) is 6.18. The summed E-state index contributed by atoms with van der Waals surface area (Å²) in [6, 6.07) is 5.00. The zero-order valence-corrected chi connectivity index (χ0v) is 13.0. The Morgan fingerprint density at radius 3 is 2.68 bits per heavy atom. The molecule has 0 saturated carbocycles. The van der Waals surface area contributed by atoms with Crippen molar-refractivity contribution < 1.29 is 8.42 Å². The molecule has 1 aromatic rings. The van der Waals surface area contributed by atoms with Gasteiger partial charge in [-0.2, -0.15) is 4.31 Å². The average Bonchev–Trinajstić information content (AvgIpc) is 2.31. The number of nitrogens with zero attached hydrogens (tertiary/aromatic N) is 1. The largest absolute Gasteiger partial charge is 0.314 e. The summed E-state index contributed by atoms with van der Waals surface area (Å²) in [7, 11) is -3.51. The van der Waals surface area contributed by atoms with Crippen LogP contribution in [0.25, 0.3) is 0 Å². The van der Waals surface area contributed by atoms with Crippen molar-refractivity contribution in [1.82, 2.24) is 9.62 Å². The van der Waals surface area contributed by atoms with E-state index in [0.29, 0.717) is 35.1 Å². The predicted molar refractivity (Wildman–Crippen MR) is 77.0 cm³/mol. The minimum absolute atomic E-state index is 0.301. The topological polar surface area (TPSA) is 49.4 Å². The molecule has 0 radical (unpaired) electrons. The van der Waals surface area contributed by atoms with Gasteiger partial charge in [0, 0.05) is 30.2 Å². The van der Waals surface area contributed by atoms with Gasteiger partial charge in [-0.3, -0.25) is 0 Å². The quantitative estimate of drug-likeness (QED) is 0.909. The van der Waals surface area contributed by atoms with Crippen molar-refractivity contribution >= 4 is 21.6 Å². The van der Waals surface area contributed by atoms with Gasteiger partial charge in [-0.05, 0) is 38.5 Å². The molecular weight excluding hydrogens is 284 g/mol. The Morgan fingerprint density at radius 2 is 2.05 bits per heavy atom. The van der Waals surface area contributed by atoms with Gasteiger partial charge in [0.1, 0.15) is 0 Å². The van der Waals surface area contributed by atoms with Crippen LogP contribution in [0.1, 0.15) is 19.4 Å². The van der Waals surface area contributed by atoms with E-state index in [1.54, 1.807) is 29.4 Å². The van der Waals surface area contributed by atoms with Crippen LogP contribution in [0.2, 0.25) is 5.02 Å². The van der Waals surface area contributed by atoms with Crippen molar-refractivity contribution in [2.75, 3.05) is 19.6 Å². The highest BCUT2D eigenvalue weighted by atomic mass is 35.5. The molecule has 1 heterocycles. The normalized spacial score (nSPS) is 20.4. The molecule has 0 bridgehead atoms. The van der Waals surface area contributed by atoms with Crippen molar-refractivity contribution in [3.05, 3.63) is 28.8 Å². The van der Waals surface area contributed by atoms with Gasteiger partial charge in [0.15, 0.2) is 0 Å². The predicted octanol–water partition coefficient (Wildman–Crippen LogP) is 2.02. The molecule has 6 heteroatoms. The fourth-order valence-corrected chi connectivity index (χ4v) is 4.66. The number of nitrogens with one attached hydrogen (secondary N) is 1. The maximum atomic E-state index is 12.8. The van der Waals surface area contributed by atoms with Gasteiger partial charge in [0.2, 0.25) is 10.0 Å². The van der Waals surface area contributed by atoms with E-state index in [4.69, 9.17) is 11.6 Å². The zero-order chi connectivity index (χ0) is 14.3. The van der Waals surface area contributed by atoms with Crippen molar-refractivity contribution in [2.24, 2.45) is 0 Å². The third kappa shape index (κ3) is 2.65. The van der Waals surface area contributed by atoms with Crippen molar-refractivity contribution in [1.29, 1.82) is 0 Å². The van der Waals surface area contributed by atoms with E-state index in [0.717, 1.165) is 0 Å². The van der Waals surface area contributed by atoms with E-state index >= 15 is 0 Å². The van der Waals surface area contributed by atoms with E-state index in [1.807, 2.05) is 13.8 Å². The summed E-state index contributed by atoms with van der Waals surface area (Å²) in [6.45, 7) is 7.38. The molecule has 0 aromatic heterocycles. The van der Waals surface area contributed by atoms with Crippen LogP contribution < -0.4 is 5.32 Å². The van der Waals surface area contributed by atoms with Crippen LogP contribution in [0.3, 0.4) is 0 Å². The molecule has 0 amide bonds. The van der Waals surface area contributed by atoms with Crippen LogP contribution >= 0.6 is 11.6 Å². The average molecular weight is 303 g/mol. The van der Waals surface area contributed by atoms with Crippen LogP contribution in [0.15, 0.2) is 23.1 Å². The highest BCUT2D eigenvalue weighted by Crippen LogP contribution is 2.30. The second-order valence-electron chi connectivity index (χ2n) is 5.43. The lowest BCUT2D eigenvalue weighted by molar-refractivity contribution is 0.186. The molecule has 1 aliphatic rings. The number of rotatable bonds is 2. The van der Waals surface area contributed by atoms with Crippen LogP contribution in [0.4, 0.5) is 0 Å². The SMILES string of the molecule is Cc1c(Cl)cccc1S(=O)(=O)N1CCNCC1(C)C. The molecule has 19 heavy (non-hydrogen) atoms. The zero-order valence-electron chi connectivity index (χ0n) is 11.4. The molecule has 0 unspecified atom stereocenters. The Hall–Kier alpha value is -0.620. The summed E-state index contributed by atoms with van der Waals surface area (Å²) < 4.78 is 27.2. The summed E-state index contributed by atoms with van der Waals surface area (Å²) in [5.74, 6) is 0. The number of benzene rings is 1. The first-order chi connectivity index (χ1) is 8.77. The molecule has 1 fully saturated rings. The Labute approximate surface area is 119 Å². The number of piperazine rings is 1. The Kier molecular flexibility index (Phi) is 3.93. The maximum Gasteiger partial charge on any atom is 0.243 e. The summed E-state index contributed by atoms with van der Waals surface area (Å²) in [5.41, 5.74) is 0.171. The lowest BCUT2D eigenvalue weighted by atomic mass is 10.0. The van der Waals surface area contributed by atoms with Gasteiger partial charge in [-0.25, -0.2) is 8.42 Å². The van der Waals surface area contributed by atoms with Gasteiger partial charge >= 0.3 is 0 Å². The number of sulfonamides is 1. The molecule has 106 valence electrons. The van der Waals surface area contributed by atoms with E-state index < -0.39 is 15.6 Å². The lowest BCUT2D eigenvalue weighted by Gasteiger charge is -2.41. The van der Waals surface area contributed by atoms with Gasteiger partial charge in [0.25, 0.3) is 0 Å². The lowest BCUT2D eigenvalue weighted by Crippen LogP contribution is -2.59. The minimum atomic E-state index is -3.51. The monoisotopic (exact) mass is 302 g/mol. The Bertz CT molecular complexity index is 584. The molecule has 4 nitrogen and oxygen atoms in total. The summed E-state index contributed by atoms with van der Waals surface area (Å²) in [4.78, 5) is 0.301. The van der Waals surface area contributed by atoms with Crippen molar-refractivity contribution in [3.8, 4) is 0 Å². The molecular formula is C13H19ClN2O2S. The third-order valence-electron chi connectivity index (χ3n) is 3.51. The molecule has 1 aromatic carbocycles. The fourth-order valence-electron chi connectivity index (χ4n) is 2.40. The molecule has 0 aliphatic carbocycles. The molecule has 1 N–H and O–H groups in total. The van der Waals surface area contributed by atoms with E-state index in [1.165, 1.54) is 0 Å². The van der Waals surface area contributed by atoms with E-state index in [-0.39, 0.29) is 0 Å². The van der Waals surface area contributed by atoms with Crippen LogP contribution in [-0.4, -0.2) is 37.9 Å². The van der Waals surface area contributed by atoms with E-state index in [9.17, 15) is 8.42 Å². The Balaban J connectivity index is 2.50. The summed E-state index contributed by atoms with van der Waals surface area (Å²) >= 11 is 6.03. The first kappa shape index (κ1) is 14.8. The smallest absolute Gasteiger partial charge is 0.243 e. The van der Waals surface area contributed by atoms with Gasteiger partial charge in [0.05, 0.1) is 4.90 Å². The highest BCUT2D eigenvalue weighted by molar-refractivity contribution is 7.89. The second-order valence-corrected chi connectivity index (χ2v) is 7.67. The summed E-state index contributed by atoms with van der Waals surface area (Å²) in [6.07, 6.45) is 0. The molecule has 0 spiro atoms. The standard InChI is InChI=1S/C13H19ClN2O2S/c1-10-11(14)5-4-6-12(10)19(17,18)16-8-7-15-9-13(16,2)3/h4-6,15H,7-9H2,1-3H3. The first-order valence-electron chi connectivity index (χ1n) is 6.25. The van der Waals surface area contributed by atoms with Gasteiger partial charge in [-0.15, -0.1) is 0 Å². The molecule has 0 atom stereocenters. The van der Waals surface area contributed by atoms with E-state index in [2.05, 4.69) is 5.32 Å². The highest BCUT2D eigenvalue weighted by Gasteiger charge is 2.39. The molecule has 2 rings (SSSR count). The number of hydrogen-bond acceptors (Lipinski definition) is 3. The van der Waals surface area contributed by atoms with Crippen molar-refractivity contribution in [2.45, 2.75) is 31.2 Å². The second kappa shape index (κ2) is 5.05. The van der Waals surface area contributed by atoms with Crippen molar-refractivity contribution in [3.63, 3.8) is 0 Å². The van der Waals surface area contributed by atoms with Crippen LogP contribution in [0, 0.1) is 6.92 Å². The summed E-state index contributed by atoms with van der Waals surface area (Å²) in [5, 5.41) is 3.70. The number of halogens is 1. The van der Waals surface area contributed by atoms with Gasteiger partial charge in [-0.1, -0.05) is 17.7 Å². The maximum absolute atomic E-state index is 12.8. The minimum Gasteiger partial charge on any atom is -0.314 e. The molecule has 1 saturated heterocycles. The fraction of sp³-hybridized carbons (Fsp3) is 0.538.